The molecule has 110 valence electrons. The molecule has 2 aromatic rings. The molecule has 4 nitrogen and oxygen atoms in total. The summed E-state index contributed by atoms with van der Waals surface area (Å²) in [4.78, 5) is 16.4. The zero-order chi connectivity index (χ0) is 15.1. The number of nitrogens with one attached hydrogen (secondary N) is 2. The van der Waals surface area contributed by atoms with Crippen molar-refractivity contribution < 1.29 is 4.79 Å². The second-order valence-electron chi connectivity index (χ2n) is 4.95. The number of anilines is 1. The number of aromatic nitrogens is 1. The van der Waals surface area contributed by atoms with Crippen molar-refractivity contribution in [2.45, 2.75) is 26.3 Å². The average Bonchev–Trinajstić information content (AvgIpc) is 2.54. The van der Waals surface area contributed by atoms with Crippen molar-refractivity contribution in [3.8, 4) is 0 Å². The highest BCUT2D eigenvalue weighted by Gasteiger charge is 2.14. The van der Waals surface area contributed by atoms with Gasteiger partial charge in [0, 0.05) is 24.6 Å². The second kappa shape index (κ2) is 7.43. The van der Waals surface area contributed by atoms with Gasteiger partial charge in [-0.15, -0.1) is 0 Å². The minimum Gasteiger partial charge on any atom is -0.384 e. The van der Waals surface area contributed by atoms with Crippen LogP contribution in [0.3, 0.4) is 0 Å². The summed E-state index contributed by atoms with van der Waals surface area (Å²) in [5, 5.41) is 6.31. The van der Waals surface area contributed by atoms with Gasteiger partial charge in [0.25, 0.3) is 5.91 Å². The minimum absolute atomic E-state index is 0.0558. The van der Waals surface area contributed by atoms with E-state index in [9.17, 15) is 4.79 Å². The molecular formula is C17H21N3O. The highest BCUT2D eigenvalue weighted by atomic mass is 16.1. The van der Waals surface area contributed by atoms with Crippen LogP contribution in [0.25, 0.3) is 0 Å². The van der Waals surface area contributed by atoms with Crippen LogP contribution in [0.1, 0.15) is 42.2 Å². The Labute approximate surface area is 125 Å². The summed E-state index contributed by atoms with van der Waals surface area (Å²) in [6.07, 6.45) is 4.48. The quantitative estimate of drug-likeness (QED) is 0.854. The first-order valence-electron chi connectivity index (χ1n) is 7.26. The SMILES string of the molecule is CCCNc1ccccc1C(=O)N[C@H](C)c1ccncc1. The molecule has 0 unspecified atom stereocenters. The van der Waals surface area contributed by atoms with Crippen LogP contribution in [0, 0.1) is 0 Å². The number of amides is 1. The molecule has 0 aliphatic rings. The maximum Gasteiger partial charge on any atom is 0.253 e. The molecule has 1 heterocycles. The van der Waals surface area contributed by atoms with E-state index in [0.29, 0.717) is 5.56 Å². The Bertz CT molecular complexity index is 584. The van der Waals surface area contributed by atoms with E-state index in [2.05, 4.69) is 22.5 Å². The molecule has 0 saturated heterocycles. The molecule has 2 N–H and O–H groups in total. The summed E-state index contributed by atoms with van der Waals surface area (Å²) in [5.41, 5.74) is 2.59. The van der Waals surface area contributed by atoms with E-state index in [1.54, 1.807) is 12.4 Å². The summed E-state index contributed by atoms with van der Waals surface area (Å²) in [7, 11) is 0. The van der Waals surface area contributed by atoms with E-state index in [-0.39, 0.29) is 11.9 Å². The van der Waals surface area contributed by atoms with E-state index < -0.39 is 0 Å². The molecule has 1 aromatic heterocycles. The van der Waals surface area contributed by atoms with E-state index in [1.165, 1.54) is 0 Å². The first kappa shape index (κ1) is 15.0. The molecule has 0 bridgehead atoms. The number of nitrogens with zero attached hydrogens (tertiary/aromatic N) is 1. The Hall–Kier alpha value is -2.36. The number of carbonyl (C=O) groups excluding carboxylic acids is 1. The Morgan fingerprint density at radius 3 is 2.62 bits per heavy atom. The maximum absolute atomic E-state index is 12.4. The van der Waals surface area contributed by atoms with E-state index in [1.807, 2.05) is 43.3 Å². The van der Waals surface area contributed by atoms with Crippen LogP contribution in [-0.2, 0) is 0 Å². The minimum atomic E-state index is -0.0708. The van der Waals surface area contributed by atoms with Crippen molar-refractivity contribution in [2.24, 2.45) is 0 Å². The lowest BCUT2D eigenvalue weighted by atomic mass is 10.1. The van der Waals surface area contributed by atoms with Gasteiger partial charge in [-0.3, -0.25) is 9.78 Å². The van der Waals surface area contributed by atoms with Crippen LogP contribution >= 0.6 is 0 Å². The van der Waals surface area contributed by atoms with Crippen molar-refractivity contribution in [2.75, 3.05) is 11.9 Å². The van der Waals surface area contributed by atoms with Gasteiger partial charge in [0.2, 0.25) is 0 Å². The molecule has 1 aromatic carbocycles. The molecule has 0 saturated carbocycles. The predicted octanol–water partition coefficient (Wildman–Crippen LogP) is 3.39. The van der Waals surface area contributed by atoms with Crippen molar-refractivity contribution >= 4 is 11.6 Å². The van der Waals surface area contributed by atoms with Gasteiger partial charge < -0.3 is 10.6 Å². The molecule has 0 fully saturated rings. The van der Waals surface area contributed by atoms with E-state index in [4.69, 9.17) is 0 Å². The number of pyridine rings is 1. The molecule has 4 heteroatoms. The predicted molar refractivity (Wildman–Crippen MR) is 85.3 cm³/mol. The van der Waals surface area contributed by atoms with E-state index in [0.717, 1.165) is 24.2 Å². The second-order valence-corrected chi connectivity index (χ2v) is 4.95. The summed E-state index contributed by atoms with van der Waals surface area (Å²) in [6, 6.07) is 11.3. The van der Waals surface area contributed by atoms with Crippen LogP contribution in [-0.4, -0.2) is 17.4 Å². The molecule has 1 atom stereocenters. The highest BCUT2D eigenvalue weighted by Crippen LogP contribution is 2.17. The lowest BCUT2D eigenvalue weighted by molar-refractivity contribution is 0.0940. The van der Waals surface area contributed by atoms with E-state index >= 15 is 0 Å². The van der Waals surface area contributed by atoms with Crippen LogP contribution in [0.2, 0.25) is 0 Å². The molecular weight excluding hydrogens is 262 g/mol. The average molecular weight is 283 g/mol. The van der Waals surface area contributed by atoms with Gasteiger partial charge in [-0.2, -0.15) is 0 Å². The van der Waals surface area contributed by atoms with Crippen molar-refractivity contribution in [1.82, 2.24) is 10.3 Å². The van der Waals surface area contributed by atoms with Gasteiger partial charge in [0.15, 0.2) is 0 Å². The lowest BCUT2D eigenvalue weighted by Gasteiger charge is -2.16. The number of para-hydroxylation sites is 1. The molecule has 0 radical (unpaired) electrons. The number of benzene rings is 1. The van der Waals surface area contributed by atoms with Gasteiger partial charge in [0.1, 0.15) is 0 Å². The fourth-order valence-electron chi connectivity index (χ4n) is 2.10. The zero-order valence-corrected chi connectivity index (χ0v) is 12.5. The zero-order valence-electron chi connectivity index (χ0n) is 12.5. The van der Waals surface area contributed by atoms with Gasteiger partial charge in [0.05, 0.1) is 11.6 Å². The molecule has 2 rings (SSSR count). The smallest absolute Gasteiger partial charge is 0.253 e. The number of hydrogen-bond donors (Lipinski definition) is 2. The molecule has 1 amide bonds. The van der Waals surface area contributed by atoms with Crippen LogP contribution < -0.4 is 10.6 Å². The molecule has 0 aliphatic heterocycles. The fraction of sp³-hybridized carbons (Fsp3) is 0.294. The number of carbonyl (C=O) groups is 1. The first-order chi connectivity index (χ1) is 10.2. The van der Waals surface area contributed by atoms with Gasteiger partial charge in [-0.25, -0.2) is 0 Å². The maximum atomic E-state index is 12.4. The molecule has 21 heavy (non-hydrogen) atoms. The van der Waals surface area contributed by atoms with Crippen LogP contribution in [0.5, 0.6) is 0 Å². The van der Waals surface area contributed by atoms with Crippen LogP contribution in [0.15, 0.2) is 48.8 Å². The fourth-order valence-corrected chi connectivity index (χ4v) is 2.10. The number of rotatable bonds is 6. The van der Waals surface area contributed by atoms with Gasteiger partial charge in [-0.05, 0) is 43.2 Å². The van der Waals surface area contributed by atoms with Gasteiger partial charge in [-0.1, -0.05) is 19.1 Å². The first-order valence-corrected chi connectivity index (χ1v) is 7.26. The Morgan fingerprint density at radius 1 is 1.19 bits per heavy atom. The lowest BCUT2D eigenvalue weighted by Crippen LogP contribution is -2.27. The third-order valence-corrected chi connectivity index (χ3v) is 3.29. The highest BCUT2D eigenvalue weighted by molar-refractivity contribution is 5.99. The topological polar surface area (TPSA) is 54.0 Å². The standard InChI is InChI=1S/C17H21N3O/c1-3-10-19-16-7-5-4-6-15(16)17(21)20-13(2)14-8-11-18-12-9-14/h4-9,11-13,19H,3,10H2,1-2H3,(H,20,21)/t13-/m1/s1. The Kier molecular flexibility index (Phi) is 5.32. The Morgan fingerprint density at radius 2 is 1.90 bits per heavy atom. The largest absolute Gasteiger partial charge is 0.384 e. The third kappa shape index (κ3) is 4.05. The Balaban J connectivity index is 2.10. The normalized spacial score (nSPS) is 11.7. The van der Waals surface area contributed by atoms with Crippen LogP contribution in [0.4, 0.5) is 5.69 Å². The summed E-state index contributed by atoms with van der Waals surface area (Å²) in [5.74, 6) is -0.0708. The third-order valence-electron chi connectivity index (χ3n) is 3.29. The van der Waals surface area contributed by atoms with Crippen molar-refractivity contribution in [3.63, 3.8) is 0 Å². The summed E-state index contributed by atoms with van der Waals surface area (Å²) >= 11 is 0. The van der Waals surface area contributed by atoms with Gasteiger partial charge >= 0.3 is 0 Å². The summed E-state index contributed by atoms with van der Waals surface area (Å²) in [6.45, 7) is 4.92. The number of hydrogen-bond acceptors (Lipinski definition) is 3. The molecule has 0 spiro atoms. The van der Waals surface area contributed by atoms with Crippen molar-refractivity contribution in [1.29, 1.82) is 0 Å². The monoisotopic (exact) mass is 283 g/mol. The summed E-state index contributed by atoms with van der Waals surface area (Å²) < 4.78 is 0. The van der Waals surface area contributed by atoms with Crippen molar-refractivity contribution in [3.05, 3.63) is 59.9 Å². The molecule has 0 aliphatic carbocycles.